The van der Waals surface area contributed by atoms with E-state index in [2.05, 4.69) is 41.3 Å². The highest BCUT2D eigenvalue weighted by Crippen LogP contribution is 2.25. The molecule has 2 saturated heterocycles. The first-order chi connectivity index (χ1) is 13.7. The van der Waals surface area contributed by atoms with Crippen molar-refractivity contribution in [2.24, 2.45) is 0 Å². The molecule has 0 aliphatic carbocycles. The third-order valence-electron chi connectivity index (χ3n) is 5.56. The minimum absolute atomic E-state index is 0.167. The summed E-state index contributed by atoms with van der Waals surface area (Å²) in [6.45, 7) is 4.14. The first-order valence-corrected chi connectivity index (χ1v) is 10.0. The number of likely N-dealkylation sites (tertiary alicyclic amines) is 1. The van der Waals surface area contributed by atoms with Crippen molar-refractivity contribution in [1.82, 2.24) is 4.90 Å². The summed E-state index contributed by atoms with van der Waals surface area (Å²) in [5.74, 6) is 0.924. The van der Waals surface area contributed by atoms with E-state index in [9.17, 15) is 4.79 Å². The van der Waals surface area contributed by atoms with Crippen LogP contribution in [0.2, 0.25) is 0 Å². The molecule has 2 aliphatic heterocycles. The van der Waals surface area contributed by atoms with Crippen LogP contribution in [0.1, 0.15) is 31.2 Å². The van der Waals surface area contributed by atoms with Crippen LogP contribution in [0.5, 0.6) is 5.75 Å². The van der Waals surface area contributed by atoms with E-state index in [4.69, 9.17) is 19.3 Å². The molecule has 0 radical (unpaired) electrons. The number of nitrogens with zero attached hydrogens (tertiary/aromatic N) is 1. The molecule has 2 aromatic carbocycles. The molecule has 2 fully saturated rings. The van der Waals surface area contributed by atoms with Gasteiger partial charge in [0.2, 0.25) is 0 Å². The van der Waals surface area contributed by atoms with Crippen LogP contribution in [0.3, 0.4) is 0 Å². The van der Waals surface area contributed by atoms with Gasteiger partial charge in [0.05, 0.1) is 13.2 Å². The lowest BCUT2D eigenvalue weighted by atomic mass is 10.0. The van der Waals surface area contributed by atoms with E-state index in [1.165, 1.54) is 16.3 Å². The molecule has 6 nitrogen and oxygen atoms in total. The number of benzene rings is 2. The van der Waals surface area contributed by atoms with Crippen molar-refractivity contribution in [2.45, 2.75) is 44.4 Å². The minimum Gasteiger partial charge on any atom is -0.490 e. The third-order valence-corrected chi connectivity index (χ3v) is 5.56. The molecule has 2 aliphatic rings. The van der Waals surface area contributed by atoms with Crippen LogP contribution in [0.25, 0.3) is 10.8 Å². The Bertz CT molecular complexity index is 810. The van der Waals surface area contributed by atoms with Crippen LogP contribution >= 0.6 is 0 Å². The van der Waals surface area contributed by atoms with Gasteiger partial charge in [-0.2, -0.15) is 0 Å². The monoisotopic (exact) mass is 385 g/mol. The molecule has 6 heteroatoms. The Hall–Kier alpha value is -2.31. The lowest BCUT2D eigenvalue weighted by Gasteiger charge is -2.31. The van der Waals surface area contributed by atoms with E-state index in [0.717, 1.165) is 64.3 Å². The second kappa shape index (κ2) is 8.80. The number of fused-ring (bicyclic) bond motifs is 1. The largest absolute Gasteiger partial charge is 0.506 e. The van der Waals surface area contributed by atoms with Gasteiger partial charge in [-0.3, -0.25) is 4.90 Å². The summed E-state index contributed by atoms with van der Waals surface area (Å²) in [6, 6.07) is 12.8. The van der Waals surface area contributed by atoms with Gasteiger partial charge in [0.1, 0.15) is 18.0 Å². The van der Waals surface area contributed by atoms with Gasteiger partial charge in [-0.05, 0) is 47.4 Å². The van der Waals surface area contributed by atoms with E-state index in [1.54, 1.807) is 0 Å². The lowest BCUT2D eigenvalue weighted by molar-refractivity contribution is 0.0185. The summed E-state index contributed by atoms with van der Waals surface area (Å²) in [5.41, 5.74) is 1.27. The van der Waals surface area contributed by atoms with Gasteiger partial charge < -0.3 is 19.3 Å². The predicted molar refractivity (Wildman–Crippen MR) is 106 cm³/mol. The normalized spacial score (nSPS) is 19.6. The van der Waals surface area contributed by atoms with Crippen LogP contribution in [0, 0.1) is 0 Å². The Kier molecular flexibility index (Phi) is 5.98. The van der Waals surface area contributed by atoms with Crippen molar-refractivity contribution in [3.05, 3.63) is 42.0 Å². The average molecular weight is 385 g/mol. The molecule has 1 N–H and O–H groups in total. The Labute approximate surface area is 165 Å². The molecular formula is C22H27NO5. The molecule has 2 heterocycles. The van der Waals surface area contributed by atoms with Crippen molar-refractivity contribution in [1.29, 1.82) is 0 Å². The number of ether oxygens (including phenoxy) is 3. The molecule has 0 bridgehead atoms. The summed E-state index contributed by atoms with van der Waals surface area (Å²) in [5, 5.41) is 11.1. The Morgan fingerprint density at radius 3 is 2.46 bits per heavy atom. The van der Waals surface area contributed by atoms with E-state index in [-0.39, 0.29) is 12.2 Å². The molecule has 0 aromatic heterocycles. The maximum Gasteiger partial charge on any atom is 0.506 e. The fourth-order valence-electron chi connectivity index (χ4n) is 4.02. The van der Waals surface area contributed by atoms with Gasteiger partial charge >= 0.3 is 6.16 Å². The first kappa shape index (κ1) is 19.0. The van der Waals surface area contributed by atoms with Gasteiger partial charge in [0.25, 0.3) is 0 Å². The number of hydrogen-bond acceptors (Lipinski definition) is 5. The molecule has 0 atom stereocenters. The van der Waals surface area contributed by atoms with Crippen molar-refractivity contribution in [2.75, 3.05) is 26.3 Å². The van der Waals surface area contributed by atoms with E-state index in [1.807, 2.05) is 0 Å². The summed E-state index contributed by atoms with van der Waals surface area (Å²) < 4.78 is 16.4. The Morgan fingerprint density at radius 1 is 1.00 bits per heavy atom. The zero-order chi connectivity index (χ0) is 19.3. The quantitative estimate of drug-likeness (QED) is 0.783. The molecule has 2 aromatic rings. The predicted octanol–water partition coefficient (Wildman–Crippen LogP) is 4.06. The third kappa shape index (κ3) is 4.94. The Morgan fingerprint density at radius 2 is 1.71 bits per heavy atom. The molecule has 4 rings (SSSR count). The molecule has 0 spiro atoms. The van der Waals surface area contributed by atoms with Gasteiger partial charge in [0, 0.05) is 32.5 Å². The zero-order valence-electron chi connectivity index (χ0n) is 16.0. The zero-order valence-corrected chi connectivity index (χ0v) is 16.0. The summed E-state index contributed by atoms with van der Waals surface area (Å²) in [7, 11) is 0. The second-order valence-corrected chi connectivity index (χ2v) is 7.63. The van der Waals surface area contributed by atoms with Crippen LogP contribution in [-0.4, -0.2) is 54.7 Å². The maximum atomic E-state index is 10.6. The number of rotatable bonds is 5. The highest BCUT2D eigenvalue weighted by Gasteiger charge is 2.22. The number of hydrogen-bond donors (Lipinski definition) is 1. The SMILES string of the molecule is O=C(O)OC1CCN(Cc2ccc3cc(OC4CCOCC4)ccc3c2)CC1. The van der Waals surface area contributed by atoms with Gasteiger partial charge in [-0.25, -0.2) is 4.79 Å². The summed E-state index contributed by atoms with van der Waals surface area (Å²) >= 11 is 0. The highest BCUT2D eigenvalue weighted by molar-refractivity contribution is 5.84. The highest BCUT2D eigenvalue weighted by atomic mass is 16.7. The van der Waals surface area contributed by atoms with E-state index < -0.39 is 6.16 Å². The fraction of sp³-hybridized carbons (Fsp3) is 0.500. The van der Waals surface area contributed by atoms with Crippen LogP contribution in [0.4, 0.5) is 4.79 Å². The van der Waals surface area contributed by atoms with E-state index in [0.29, 0.717) is 0 Å². The Balaban J connectivity index is 1.35. The van der Waals surface area contributed by atoms with Crippen molar-refractivity contribution in [3.63, 3.8) is 0 Å². The lowest BCUT2D eigenvalue weighted by Crippen LogP contribution is -2.37. The maximum absolute atomic E-state index is 10.6. The topological polar surface area (TPSA) is 68.2 Å². The number of carboxylic acid groups (broad SMARTS) is 1. The van der Waals surface area contributed by atoms with Crippen molar-refractivity contribution >= 4 is 16.9 Å². The van der Waals surface area contributed by atoms with Crippen molar-refractivity contribution in [3.8, 4) is 5.75 Å². The van der Waals surface area contributed by atoms with E-state index >= 15 is 0 Å². The standard InChI is InChI=1S/C22H27NO5/c24-22(25)28-19-5-9-23(10-6-19)15-16-1-2-18-14-21(4-3-17(18)13-16)27-20-7-11-26-12-8-20/h1-4,13-14,19-20H,5-12,15H2,(H,24,25). The first-order valence-electron chi connectivity index (χ1n) is 10.0. The van der Waals surface area contributed by atoms with Crippen molar-refractivity contribution < 1.29 is 24.1 Å². The summed E-state index contributed by atoms with van der Waals surface area (Å²) in [6.07, 6.45) is 2.32. The molecule has 0 saturated carbocycles. The second-order valence-electron chi connectivity index (χ2n) is 7.63. The molecular weight excluding hydrogens is 358 g/mol. The molecule has 28 heavy (non-hydrogen) atoms. The summed E-state index contributed by atoms with van der Waals surface area (Å²) in [4.78, 5) is 13.0. The minimum atomic E-state index is -1.17. The van der Waals surface area contributed by atoms with Crippen LogP contribution < -0.4 is 4.74 Å². The smallest absolute Gasteiger partial charge is 0.490 e. The molecule has 0 amide bonds. The number of piperidine rings is 1. The average Bonchev–Trinajstić information content (AvgIpc) is 2.70. The number of carbonyl (C=O) groups is 1. The fourth-order valence-corrected chi connectivity index (χ4v) is 4.02. The van der Waals surface area contributed by atoms with Gasteiger partial charge in [0.15, 0.2) is 0 Å². The molecule has 150 valence electrons. The van der Waals surface area contributed by atoms with Gasteiger partial charge in [-0.1, -0.05) is 18.2 Å². The van der Waals surface area contributed by atoms with Gasteiger partial charge in [-0.15, -0.1) is 0 Å². The molecule has 0 unspecified atom stereocenters. The van der Waals surface area contributed by atoms with Crippen LogP contribution in [-0.2, 0) is 16.0 Å². The van der Waals surface area contributed by atoms with Crippen LogP contribution in [0.15, 0.2) is 36.4 Å².